The number of nitrogens with zero attached hydrogens (tertiary/aromatic N) is 2. The number of nitrogen functional groups attached to an aromatic ring is 1. The summed E-state index contributed by atoms with van der Waals surface area (Å²) < 4.78 is 20.5. The molecule has 1 heterocycles. The zero-order valence-electron chi connectivity index (χ0n) is 9.85. The lowest BCUT2D eigenvalue weighted by molar-refractivity contribution is -0.145. The summed E-state index contributed by atoms with van der Waals surface area (Å²) in [5.74, 6) is -0.929. The summed E-state index contributed by atoms with van der Waals surface area (Å²) in [5.41, 5.74) is 6.24. The number of benzene rings is 1. The van der Waals surface area contributed by atoms with E-state index in [4.69, 9.17) is 10.5 Å². The van der Waals surface area contributed by atoms with Crippen LogP contribution in [0.5, 0.6) is 0 Å². The highest BCUT2D eigenvalue weighted by Gasteiger charge is 2.08. The summed E-state index contributed by atoms with van der Waals surface area (Å²) in [6.07, 6.45) is 2.95. The van der Waals surface area contributed by atoms with E-state index >= 15 is 0 Å². The number of halogens is 2. The average molecular weight is 328 g/mol. The van der Waals surface area contributed by atoms with E-state index in [2.05, 4.69) is 21.0 Å². The lowest BCUT2D eigenvalue weighted by Gasteiger charge is -2.06. The molecule has 7 heteroatoms. The number of aromatic nitrogens is 2. The minimum atomic E-state index is -0.512. The summed E-state index contributed by atoms with van der Waals surface area (Å²) in [7, 11) is 0. The van der Waals surface area contributed by atoms with Crippen LogP contribution < -0.4 is 5.73 Å². The molecule has 100 valence electrons. The Morgan fingerprint density at radius 3 is 3.00 bits per heavy atom. The Morgan fingerprint density at radius 2 is 2.32 bits per heavy atom. The topological polar surface area (TPSA) is 70.1 Å². The van der Waals surface area contributed by atoms with E-state index in [9.17, 15) is 9.18 Å². The van der Waals surface area contributed by atoms with Crippen molar-refractivity contribution in [3.63, 3.8) is 0 Å². The lowest BCUT2D eigenvalue weighted by Crippen LogP contribution is -2.14. The molecule has 2 N–H and O–H groups in total. The lowest BCUT2D eigenvalue weighted by atomic mass is 10.2. The van der Waals surface area contributed by atoms with E-state index < -0.39 is 11.8 Å². The quantitative estimate of drug-likeness (QED) is 0.873. The first-order valence-corrected chi connectivity index (χ1v) is 6.21. The minimum Gasteiger partial charge on any atom is -0.459 e. The van der Waals surface area contributed by atoms with E-state index in [0.717, 1.165) is 4.47 Å². The standard InChI is InChI=1S/C12H11BrFN3O2/c13-9-1-2-11(14)8(3-9)7-19-12(18)6-17-5-10(15)4-16-17/h1-5H,6-7,15H2. The molecule has 1 aromatic heterocycles. The number of carbonyl (C=O) groups excluding carboxylic acids is 1. The van der Waals surface area contributed by atoms with Gasteiger partial charge in [-0.3, -0.25) is 9.48 Å². The van der Waals surface area contributed by atoms with E-state index in [-0.39, 0.29) is 13.2 Å². The van der Waals surface area contributed by atoms with Crippen LogP contribution in [-0.4, -0.2) is 15.7 Å². The molecule has 0 aliphatic carbocycles. The fourth-order valence-electron chi connectivity index (χ4n) is 1.46. The van der Waals surface area contributed by atoms with Gasteiger partial charge in [0.25, 0.3) is 0 Å². The van der Waals surface area contributed by atoms with Gasteiger partial charge in [0, 0.05) is 16.2 Å². The molecule has 2 rings (SSSR count). The molecule has 0 spiro atoms. The van der Waals surface area contributed by atoms with Crippen LogP contribution in [0, 0.1) is 5.82 Å². The number of hydrogen-bond donors (Lipinski definition) is 1. The van der Waals surface area contributed by atoms with Gasteiger partial charge in [0.05, 0.1) is 11.9 Å². The Labute approximate surface area is 117 Å². The second-order valence-corrected chi connectivity index (χ2v) is 4.78. The van der Waals surface area contributed by atoms with Crippen molar-refractivity contribution in [3.05, 3.63) is 46.4 Å². The van der Waals surface area contributed by atoms with Crippen molar-refractivity contribution < 1.29 is 13.9 Å². The predicted octanol–water partition coefficient (Wildman–Crippen LogP) is 2.11. The van der Waals surface area contributed by atoms with Gasteiger partial charge < -0.3 is 10.5 Å². The Hall–Kier alpha value is -1.89. The number of hydrogen-bond acceptors (Lipinski definition) is 4. The first kappa shape index (κ1) is 13.5. The molecule has 0 fully saturated rings. The molecule has 2 aromatic rings. The first-order chi connectivity index (χ1) is 9.04. The van der Waals surface area contributed by atoms with Crippen molar-refractivity contribution in [2.75, 3.05) is 5.73 Å². The molecule has 0 amide bonds. The monoisotopic (exact) mass is 327 g/mol. The molecule has 0 unspecified atom stereocenters. The van der Waals surface area contributed by atoms with Gasteiger partial charge in [-0.2, -0.15) is 5.10 Å². The Morgan fingerprint density at radius 1 is 1.53 bits per heavy atom. The maximum atomic E-state index is 13.4. The number of rotatable bonds is 4. The number of nitrogens with two attached hydrogens (primary N) is 1. The zero-order chi connectivity index (χ0) is 13.8. The molecule has 19 heavy (non-hydrogen) atoms. The molecule has 0 bridgehead atoms. The largest absolute Gasteiger partial charge is 0.459 e. The van der Waals surface area contributed by atoms with Crippen LogP contribution in [0.1, 0.15) is 5.56 Å². The summed E-state index contributed by atoms with van der Waals surface area (Å²) in [6.45, 7) is -0.187. The van der Waals surface area contributed by atoms with Crippen molar-refractivity contribution >= 4 is 27.6 Å². The molecule has 0 aliphatic rings. The predicted molar refractivity (Wildman–Crippen MR) is 70.5 cm³/mol. The Kier molecular flexibility index (Phi) is 4.16. The van der Waals surface area contributed by atoms with E-state index in [1.807, 2.05) is 0 Å². The third-order valence-electron chi connectivity index (χ3n) is 2.34. The molecular weight excluding hydrogens is 317 g/mol. The molecule has 0 aliphatic heterocycles. The van der Waals surface area contributed by atoms with Gasteiger partial charge in [-0.1, -0.05) is 15.9 Å². The fourth-order valence-corrected chi connectivity index (χ4v) is 1.86. The van der Waals surface area contributed by atoms with Crippen LogP contribution in [-0.2, 0) is 22.7 Å². The third-order valence-corrected chi connectivity index (χ3v) is 2.83. The number of carbonyl (C=O) groups is 1. The summed E-state index contributed by atoms with van der Waals surface area (Å²) in [4.78, 5) is 11.5. The van der Waals surface area contributed by atoms with Crippen LogP contribution in [0.4, 0.5) is 10.1 Å². The van der Waals surface area contributed by atoms with Crippen LogP contribution in [0.15, 0.2) is 35.1 Å². The third kappa shape index (κ3) is 3.78. The van der Waals surface area contributed by atoms with Crippen molar-refractivity contribution in [3.8, 4) is 0 Å². The van der Waals surface area contributed by atoms with Crippen molar-refractivity contribution in [1.82, 2.24) is 9.78 Å². The molecular formula is C12H11BrFN3O2. The highest BCUT2D eigenvalue weighted by Crippen LogP contribution is 2.16. The van der Waals surface area contributed by atoms with Gasteiger partial charge >= 0.3 is 5.97 Å². The smallest absolute Gasteiger partial charge is 0.328 e. The van der Waals surface area contributed by atoms with Crippen molar-refractivity contribution in [2.24, 2.45) is 0 Å². The molecule has 0 saturated carbocycles. The Balaban J connectivity index is 1.91. The summed E-state index contributed by atoms with van der Waals surface area (Å²) in [5, 5.41) is 3.85. The number of esters is 1. The maximum Gasteiger partial charge on any atom is 0.328 e. The van der Waals surface area contributed by atoms with E-state index in [0.29, 0.717) is 11.3 Å². The van der Waals surface area contributed by atoms with Gasteiger partial charge in [0.1, 0.15) is 19.0 Å². The molecule has 1 aromatic carbocycles. The van der Waals surface area contributed by atoms with Crippen LogP contribution in [0.3, 0.4) is 0 Å². The van der Waals surface area contributed by atoms with Gasteiger partial charge in [-0.05, 0) is 18.2 Å². The normalized spacial score (nSPS) is 10.4. The molecule has 5 nitrogen and oxygen atoms in total. The number of ether oxygens (including phenoxy) is 1. The van der Waals surface area contributed by atoms with E-state index in [1.165, 1.54) is 23.1 Å². The highest BCUT2D eigenvalue weighted by molar-refractivity contribution is 9.10. The zero-order valence-corrected chi connectivity index (χ0v) is 11.4. The van der Waals surface area contributed by atoms with Gasteiger partial charge in [-0.15, -0.1) is 0 Å². The SMILES string of the molecule is Nc1cnn(CC(=O)OCc2cc(Br)ccc2F)c1. The molecule has 0 radical (unpaired) electrons. The molecule has 0 atom stereocenters. The summed E-state index contributed by atoms with van der Waals surface area (Å²) >= 11 is 3.22. The van der Waals surface area contributed by atoms with Crippen LogP contribution >= 0.6 is 15.9 Å². The first-order valence-electron chi connectivity index (χ1n) is 5.42. The highest BCUT2D eigenvalue weighted by atomic mass is 79.9. The van der Waals surface area contributed by atoms with Crippen LogP contribution in [0.25, 0.3) is 0 Å². The van der Waals surface area contributed by atoms with Gasteiger partial charge in [-0.25, -0.2) is 4.39 Å². The summed E-state index contributed by atoms with van der Waals surface area (Å²) in [6, 6.07) is 4.45. The number of anilines is 1. The maximum absolute atomic E-state index is 13.4. The van der Waals surface area contributed by atoms with Crippen LogP contribution in [0.2, 0.25) is 0 Å². The average Bonchev–Trinajstić information content (AvgIpc) is 2.76. The Bertz CT molecular complexity index is 600. The minimum absolute atomic E-state index is 0.0627. The van der Waals surface area contributed by atoms with Crippen molar-refractivity contribution in [2.45, 2.75) is 13.2 Å². The fraction of sp³-hybridized carbons (Fsp3) is 0.167. The van der Waals surface area contributed by atoms with Gasteiger partial charge in [0.2, 0.25) is 0 Å². The second kappa shape index (κ2) is 5.83. The van der Waals surface area contributed by atoms with Gasteiger partial charge in [0.15, 0.2) is 0 Å². The van der Waals surface area contributed by atoms with E-state index in [1.54, 1.807) is 12.1 Å². The molecule has 0 saturated heterocycles. The van der Waals surface area contributed by atoms with Crippen molar-refractivity contribution in [1.29, 1.82) is 0 Å². The second-order valence-electron chi connectivity index (χ2n) is 3.87.